The summed E-state index contributed by atoms with van der Waals surface area (Å²) in [6, 6.07) is 19.3. The monoisotopic (exact) mass is 579 g/mol. The number of fused-ring (bicyclic) bond motifs is 2. The van der Waals surface area contributed by atoms with Gasteiger partial charge in [-0.2, -0.15) is 0 Å². The molecule has 1 saturated carbocycles. The molecule has 43 heavy (non-hydrogen) atoms. The van der Waals surface area contributed by atoms with Gasteiger partial charge < -0.3 is 28.2 Å². The Balaban J connectivity index is 1.24. The summed E-state index contributed by atoms with van der Waals surface area (Å²) in [5.41, 5.74) is 4.67. The molecule has 2 fully saturated rings. The van der Waals surface area contributed by atoms with Crippen LogP contribution in [-0.4, -0.2) is 63.4 Å². The van der Waals surface area contributed by atoms with Crippen LogP contribution in [0.2, 0.25) is 0 Å². The Hall–Kier alpha value is -4.86. The van der Waals surface area contributed by atoms with Gasteiger partial charge in [-0.1, -0.05) is 30.3 Å². The molecule has 220 valence electrons. The number of rotatable bonds is 9. The third-order valence-corrected chi connectivity index (χ3v) is 8.33. The van der Waals surface area contributed by atoms with Gasteiger partial charge in [-0.15, -0.1) is 0 Å². The van der Waals surface area contributed by atoms with Gasteiger partial charge in [-0.25, -0.2) is 19.6 Å². The summed E-state index contributed by atoms with van der Waals surface area (Å²) in [4.78, 5) is 36.8. The van der Waals surface area contributed by atoms with E-state index in [0.717, 1.165) is 40.2 Å². The van der Waals surface area contributed by atoms with Crippen LogP contribution in [0.15, 0.2) is 66.9 Å². The van der Waals surface area contributed by atoms with Crippen LogP contribution in [0.1, 0.15) is 28.8 Å². The summed E-state index contributed by atoms with van der Waals surface area (Å²) >= 11 is 0. The van der Waals surface area contributed by atoms with Gasteiger partial charge in [0.25, 0.3) is 0 Å². The Kier molecular flexibility index (Phi) is 6.96. The summed E-state index contributed by atoms with van der Waals surface area (Å²) in [7, 11) is 2.95. The molecule has 1 aliphatic carbocycles. The van der Waals surface area contributed by atoms with Gasteiger partial charge in [0.1, 0.15) is 23.5 Å². The number of nitrogens with zero attached hydrogens (tertiary/aromatic N) is 5. The van der Waals surface area contributed by atoms with E-state index in [-0.39, 0.29) is 18.6 Å². The molecule has 0 spiro atoms. The number of aromatic nitrogens is 4. The second kappa shape index (κ2) is 11.1. The standard InChI is InChI=1S/C33H33N5O5/c1-41-28-15-25(32(39)42-2)13-26-29(28)38(19-23-16-36(17-23)33(40)43-20-22-7-4-3-5-8-22)31(35-26)27-14-24-9-6-12-34-30(24)37(27)18-21-10-11-21/h3-9,12-15,21,23H,10-11,16-20H2,1-2H3. The molecule has 1 saturated heterocycles. The molecule has 0 radical (unpaired) electrons. The SMILES string of the molecule is COC(=O)c1cc(OC)c2c(c1)nc(-c1cc3cccnc3n1CC1CC1)n2CC1CN(C(=O)OCc2ccccc2)C1. The fourth-order valence-corrected chi connectivity index (χ4v) is 5.91. The van der Waals surface area contributed by atoms with E-state index >= 15 is 0 Å². The van der Waals surface area contributed by atoms with E-state index in [1.165, 1.54) is 20.0 Å². The van der Waals surface area contributed by atoms with Gasteiger partial charge in [0.2, 0.25) is 0 Å². The van der Waals surface area contributed by atoms with Crippen molar-refractivity contribution in [2.24, 2.45) is 11.8 Å². The first-order valence-electron chi connectivity index (χ1n) is 14.6. The largest absolute Gasteiger partial charge is 0.494 e. The van der Waals surface area contributed by atoms with Gasteiger partial charge in [-0.3, -0.25) is 0 Å². The predicted molar refractivity (Wildman–Crippen MR) is 161 cm³/mol. The Morgan fingerprint density at radius 1 is 0.930 bits per heavy atom. The van der Waals surface area contributed by atoms with Gasteiger partial charge in [-0.05, 0) is 54.7 Å². The number of ether oxygens (including phenoxy) is 3. The molecule has 2 aromatic carbocycles. The highest BCUT2D eigenvalue weighted by atomic mass is 16.6. The molecule has 0 unspecified atom stereocenters. The summed E-state index contributed by atoms with van der Waals surface area (Å²) in [6.07, 6.45) is 3.92. The first-order valence-corrected chi connectivity index (χ1v) is 14.6. The minimum Gasteiger partial charge on any atom is -0.494 e. The molecule has 1 amide bonds. The van der Waals surface area contributed by atoms with E-state index in [2.05, 4.69) is 21.3 Å². The molecule has 2 aliphatic rings. The molecule has 1 aliphatic heterocycles. The van der Waals surface area contributed by atoms with E-state index in [1.807, 2.05) is 42.6 Å². The van der Waals surface area contributed by atoms with Crippen molar-refractivity contribution in [3.8, 4) is 17.3 Å². The summed E-state index contributed by atoms with van der Waals surface area (Å²) in [6.45, 7) is 2.87. The van der Waals surface area contributed by atoms with Crippen molar-refractivity contribution >= 4 is 34.1 Å². The first-order chi connectivity index (χ1) is 21.0. The van der Waals surface area contributed by atoms with Crippen molar-refractivity contribution in [2.45, 2.75) is 32.5 Å². The fourth-order valence-electron chi connectivity index (χ4n) is 5.91. The van der Waals surface area contributed by atoms with Crippen LogP contribution < -0.4 is 4.74 Å². The Bertz CT molecular complexity index is 1820. The van der Waals surface area contributed by atoms with E-state index in [9.17, 15) is 9.59 Å². The molecule has 10 heteroatoms. The molecule has 10 nitrogen and oxygen atoms in total. The first kappa shape index (κ1) is 27.0. The molecule has 7 rings (SSSR count). The zero-order valence-corrected chi connectivity index (χ0v) is 24.2. The lowest BCUT2D eigenvalue weighted by atomic mass is 10.0. The van der Waals surface area contributed by atoms with E-state index in [1.54, 1.807) is 24.1 Å². The lowest BCUT2D eigenvalue weighted by molar-refractivity contribution is 0.0451. The van der Waals surface area contributed by atoms with Crippen molar-refractivity contribution in [3.05, 3.63) is 78.0 Å². The molecule has 4 heterocycles. The Morgan fingerprint density at radius 2 is 1.72 bits per heavy atom. The van der Waals surface area contributed by atoms with Gasteiger partial charge in [0, 0.05) is 43.7 Å². The zero-order chi connectivity index (χ0) is 29.5. The number of likely N-dealkylation sites (tertiary alicyclic amines) is 1. The molecule has 0 atom stereocenters. The molecule has 0 bridgehead atoms. The molecular formula is C33H33N5O5. The number of carbonyl (C=O) groups excluding carboxylic acids is 2. The number of esters is 1. The summed E-state index contributed by atoms with van der Waals surface area (Å²) in [5, 5.41) is 1.05. The van der Waals surface area contributed by atoms with Crippen LogP contribution in [0.25, 0.3) is 33.6 Å². The van der Waals surface area contributed by atoms with Crippen molar-refractivity contribution in [1.82, 2.24) is 24.0 Å². The number of amides is 1. The maximum atomic E-state index is 12.7. The second-order valence-electron chi connectivity index (χ2n) is 11.4. The lowest BCUT2D eigenvalue weighted by Crippen LogP contribution is -2.51. The number of pyridine rings is 1. The average Bonchev–Trinajstić information content (AvgIpc) is 3.67. The molecule has 0 N–H and O–H groups in total. The van der Waals surface area contributed by atoms with Crippen molar-refractivity contribution in [3.63, 3.8) is 0 Å². The van der Waals surface area contributed by atoms with Gasteiger partial charge in [0.05, 0.1) is 31.0 Å². The third kappa shape index (κ3) is 5.17. The number of carbonyl (C=O) groups is 2. The van der Waals surface area contributed by atoms with E-state index in [4.69, 9.17) is 24.2 Å². The highest BCUT2D eigenvalue weighted by Gasteiger charge is 2.34. The van der Waals surface area contributed by atoms with Crippen LogP contribution in [0, 0.1) is 11.8 Å². The fraction of sp³-hybridized carbons (Fsp3) is 0.333. The van der Waals surface area contributed by atoms with Crippen LogP contribution in [0.3, 0.4) is 0 Å². The Morgan fingerprint density at radius 3 is 2.47 bits per heavy atom. The summed E-state index contributed by atoms with van der Waals surface area (Å²) < 4.78 is 20.8. The minimum atomic E-state index is -0.452. The number of hydrogen-bond acceptors (Lipinski definition) is 7. The predicted octanol–water partition coefficient (Wildman–Crippen LogP) is 5.53. The quantitative estimate of drug-likeness (QED) is 0.212. The number of imidazole rings is 1. The zero-order valence-electron chi connectivity index (χ0n) is 24.2. The van der Waals surface area contributed by atoms with E-state index < -0.39 is 5.97 Å². The highest BCUT2D eigenvalue weighted by molar-refractivity contribution is 5.97. The highest BCUT2D eigenvalue weighted by Crippen LogP contribution is 2.38. The smallest absolute Gasteiger partial charge is 0.410 e. The van der Waals surface area contributed by atoms with E-state index in [0.29, 0.717) is 42.4 Å². The number of methoxy groups -OCH3 is 2. The lowest BCUT2D eigenvalue weighted by Gasteiger charge is -2.38. The Labute approximate surface area is 248 Å². The van der Waals surface area contributed by atoms with Crippen LogP contribution >= 0.6 is 0 Å². The van der Waals surface area contributed by atoms with Gasteiger partial charge in [0.15, 0.2) is 5.82 Å². The summed E-state index contributed by atoms with van der Waals surface area (Å²) in [5.74, 6) is 1.67. The second-order valence-corrected chi connectivity index (χ2v) is 11.4. The number of hydrogen-bond donors (Lipinski definition) is 0. The average molecular weight is 580 g/mol. The van der Waals surface area contributed by atoms with Gasteiger partial charge >= 0.3 is 12.1 Å². The normalized spacial score (nSPS) is 15.1. The van der Waals surface area contributed by atoms with Crippen molar-refractivity contribution in [1.29, 1.82) is 0 Å². The van der Waals surface area contributed by atoms with Crippen LogP contribution in [-0.2, 0) is 29.2 Å². The minimum absolute atomic E-state index is 0.185. The maximum Gasteiger partial charge on any atom is 0.410 e. The molecule has 5 aromatic rings. The van der Waals surface area contributed by atoms with Crippen LogP contribution in [0.4, 0.5) is 4.79 Å². The topological polar surface area (TPSA) is 101 Å². The van der Waals surface area contributed by atoms with Crippen molar-refractivity contribution < 1.29 is 23.8 Å². The van der Waals surface area contributed by atoms with Crippen LogP contribution in [0.5, 0.6) is 5.75 Å². The molecule has 3 aromatic heterocycles. The number of benzene rings is 2. The maximum absolute atomic E-state index is 12.7. The van der Waals surface area contributed by atoms with Crippen molar-refractivity contribution in [2.75, 3.05) is 27.3 Å². The third-order valence-electron chi connectivity index (χ3n) is 8.33. The molecular weight excluding hydrogens is 546 g/mol.